The summed E-state index contributed by atoms with van der Waals surface area (Å²) in [6.07, 6.45) is 7.50. The van der Waals surface area contributed by atoms with Gasteiger partial charge in [0.15, 0.2) is 17.3 Å². The first-order chi connectivity index (χ1) is 15.6. The highest BCUT2D eigenvalue weighted by molar-refractivity contribution is 7.15. The van der Waals surface area contributed by atoms with Gasteiger partial charge in [0.2, 0.25) is 4.96 Å². The Morgan fingerprint density at radius 3 is 2.75 bits per heavy atom. The van der Waals surface area contributed by atoms with Crippen molar-refractivity contribution in [2.24, 2.45) is 0 Å². The van der Waals surface area contributed by atoms with Crippen LogP contribution >= 0.6 is 11.3 Å². The summed E-state index contributed by atoms with van der Waals surface area (Å²) >= 11 is 1.31. The molecule has 5 rings (SSSR count). The van der Waals surface area contributed by atoms with E-state index in [0.29, 0.717) is 33.4 Å². The highest BCUT2D eigenvalue weighted by atomic mass is 32.1. The van der Waals surface area contributed by atoms with Crippen LogP contribution in [-0.4, -0.2) is 35.4 Å². The maximum atomic E-state index is 12.8. The van der Waals surface area contributed by atoms with Gasteiger partial charge in [0, 0.05) is 5.56 Å². The van der Waals surface area contributed by atoms with E-state index < -0.39 is 0 Å². The number of ether oxygens (including phenoxy) is 3. The number of thiazole rings is 1. The second-order valence-electron chi connectivity index (χ2n) is 7.07. The molecule has 0 fully saturated rings. The van der Waals surface area contributed by atoms with Crippen LogP contribution in [0, 0.1) is 0 Å². The summed E-state index contributed by atoms with van der Waals surface area (Å²) in [5.74, 6) is 2.61. The third-order valence-corrected chi connectivity index (χ3v) is 5.96. The van der Waals surface area contributed by atoms with Crippen LogP contribution in [0.25, 0.3) is 29.3 Å². The van der Waals surface area contributed by atoms with Crippen molar-refractivity contribution in [3.8, 4) is 17.2 Å². The monoisotopic (exact) mass is 445 g/mol. The van der Waals surface area contributed by atoms with Crippen molar-refractivity contribution in [1.82, 2.24) is 14.6 Å². The third-order valence-electron chi connectivity index (χ3n) is 5.00. The van der Waals surface area contributed by atoms with Crippen molar-refractivity contribution < 1.29 is 14.2 Å². The first-order valence-electron chi connectivity index (χ1n) is 9.88. The Morgan fingerprint density at radius 1 is 1.09 bits per heavy atom. The summed E-state index contributed by atoms with van der Waals surface area (Å²) in [5, 5.41) is 4.34. The van der Waals surface area contributed by atoms with Gasteiger partial charge in [0.05, 0.1) is 18.8 Å². The molecule has 8 heteroatoms. The fourth-order valence-corrected chi connectivity index (χ4v) is 4.36. The Kier molecular flexibility index (Phi) is 5.20. The Bertz CT molecular complexity index is 1480. The van der Waals surface area contributed by atoms with Gasteiger partial charge in [-0.1, -0.05) is 41.7 Å². The normalized spacial score (nSPS) is 13.8. The molecule has 0 N–H and O–H groups in total. The molecule has 0 amide bonds. The predicted molar refractivity (Wildman–Crippen MR) is 125 cm³/mol. The number of benzene rings is 2. The highest BCUT2D eigenvalue weighted by Crippen LogP contribution is 2.28. The average molecular weight is 446 g/mol. The van der Waals surface area contributed by atoms with Crippen LogP contribution in [0.2, 0.25) is 0 Å². The van der Waals surface area contributed by atoms with Crippen LogP contribution < -0.4 is 24.3 Å². The fourth-order valence-electron chi connectivity index (χ4n) is 3.43. The number of methoxy groups -OCH3 is 2. The quantitative estimate of drug-likeness (QED) is 0.469. The maximum absolute atomic E-state index is 12.8. The van der Waals surface area contributed by atoms with Crippen LogP contribution in [0.3, 0.4) is 0 Å². The van der Waals surface area contributed by atoms with Gasteiger partial charge in [0.25, 0.3) is 5.56 Å². The van der Waals surface area contributed by atoms with E-state index in [1.807, 2.05) is 60.7 Å². The molecule has 7 nitrogen and oxygen atoms in total. The second kappa shape index (κ2) is 8.32. The van der Waals surface area contributed by atoms with E-state index in [4.69, 9.17) is 14.2 Å². The van der Waals surface area contributed by atoms with Gasteiger partial charge in [-0.3, -0.25) is 4.79 Å². The zero-order valence-electron chi connectivity index (χ0n) is 17.4. The van der Waals surface area contributed by atoms with Gasteiger partial charge in [-0.2, -0.15) is 9.50 Å². The smallest absolute Gasteiger partial charge is 0.291 e. The van der Waals surface area contributed by atoms with Crippen molar-refractivity contribution >= 4 is 40.6 Å². The van der Waals surface area contributed by atoms with Crippen LogP contribution in [0.5, 0.6) is 17.2 Å². The Morgan fingerprint density at radius 2 is 1.94 bits per heavy atom. The molecule has 2 aromatic carbocycles. The minimum atomic E-state index is -0.192. The minimum absolute atomic E-state index is 0.192. The van der Waals surface area contributed by atoms with Crippen molar-refractivity contribution in [1.29, 1.82) is 0 Å². The Labute approximate surface area is 187 Å². The zero-order chi connectivity index (χ0) is 22.1. The van der Waals surface area contributed by atoms with Crippen LogP contribution in [0.15, 0.2) is 52.8 Å². The van der Waals surface area contributed by atoms with Gasteiger partial charge in [-0.15, -0.1) is 5.10 Å². The fraction of sp³-hybridized carbons (Fsp3) is 0.125. The first-order valence-corrected chi connectivity index (χ1v) is 10.7. The molecule has 0 saturated carbocycles. The van der Waals surface area contributed by atoms with Gasteiger partial charge >= 0.3 is 0 Å². The molecule has 1 aliphatic heterocycles. The van der Waals surface area contributed by atoms with Gasteiger partial charge in [0.1, 0.15) is 12.4 Å². The molecular weight excluding hydrogens is 426 g/mol. The molecule has 160 valence electrons. The summed E-state index contributed by atoms with van der Waals surface area (Å²) in [6, 6.07) is 13.4. The molecule has 0 aliphatic carbocycles. The Hall–Kier alpha value is -3.91. The van der Waals surface area contributed by atoms with E-state index in [1.54, 1.807) is 20.3 Å². The topological polar surface area (TPSA) is 75.0 Å². The van der Waals surface area contributed by atoms with Gasteiger partial charge in [-0.25, -0.2) is 0 Å². The van der Waals surface area contributed by atoms with E-state index in [1.165, 1.54) is 15.9 Å². The van der Waals surface area contributed by atoms with E-state index in [9.17, 15) is 4.79 Å². The minimum Gasteiger partial charge on any atom is -0.493 e. The molecule has 1 aliphatic rings. The van der Waals surface area contributed by atoms with Crippen molar-refractivity contribution in [3.63, 3.8) is 0 Å². The van der Waals surface area contributed by atoms with E-state index in [-0.39, 0.29) is 5.56 Å². The van der Waals surface area contributed by atoms with Crippen LogP contribution in [-0.2, 0) is 0 Å². The van der Waals surface area contributed by atoms with Crippen LogP contribution in [0.4, 0.5) is 0 Å². The number of hydrogen-bond donors (Lipinski definition) is 0. The number of hydrogen-bond acceptors (Lipinski definition) is 7. The lowest BCUT2D eigenvalue weighted by molar-refractivity contribution is 0.352. The molecule has 0 atom stereocenters. The molecule has 32 heavy (non-hydrogen) atoms. The number of rotatable bonds is 5. The Balaban J connectivity index is 1.42. The lowest BCUT2D eigenvalue weighted by Crippen LogP contribution is -2.24. The molecule has 0 radical (unpaired) electrons. The SMILES string of the molecule is COc1ccc(/C=C/c2nc3s/c(=C\C4=Cc5ccccc5OC4)c(=O)n3n2)cc1OC. The standard InChI is InChI=1S/C24H19N3O4S/c1-29-19-9-7-15(12-20(19)30-2)8-10-22-25-24-27(26-22)23(28)21(32-24)13-16-11-17-5-3-4-6-18(17)31-14-16/h3-13H,14H2,1-2H3/b10-8+,21-13-. The summed E-state index contributed by atoms with van der Waals surface area (Å²) in [5.41, 5.74) is 2.64. The number of para-hydroxylation sites is 1. The lowest BCUT2D eigenvalue weighted by Gasteiger charge is -2.15. The second-order valence-corrected chi connectivity index (χ2v) is 8.08. The summed E-state index contributed by atoms with van der Waals surface area (Å²) in [4.78, 5) is 17.8. The maximum Gasteiger partial charge on any atom is 0.291 e. The molecule has 0 spiro atoms. The molecule has 2 aromatic heterocycles. The van der Waals surface area contributed by atoms with Crippen molar-refractivity contribution in [2.45, 2.75) is 0 Å². The van der Waals surface area contributed by atoms with Crippen LogP contribution in [0.1, 0.15) is 17.0 Å². The van der Waals surface area contributed by atoms with Gasteiger partial charge in [-0.05, 0) is 47.6 Å². The number of fused-ring (bicyclic) bond motifs is 2. The first kappa shape index (κ1) is 20.0. The number of nitrogens with zero attached hydrogens (tertiary/aromatic N) is 3. The lowest BCUT2D eigenvalue weighted by atomic mass is 10.1. The molecule has 3 heterocycles. The van der Waals surface area contributed by atoms with E-state index in [2.05, 4.69) is 10.1 Å². The summed E-state index contributed by atoms with van der Waals surface area (Å²) in [6.45, 7) is 0.420. The van der Waals surface area contributed by atoms with E-state index in [0.717, 1.165) is 22.4 Å². The summed E-state index contributed by atoms with van der Waals surface area (Å²) < 4.78 is 18.3. The molecule has 0 saturated heterocycles. The summed E-state index contributed by atoms with van der Waals surface area (Å²) in [7, 11) is 3.19. The molecule has 4 aromatic rings. The van der Waals surface area contributed by atoms with E-state index >= 15 is 0 Å². The molecule has 0 unspecified atom stereocenters. The highest BCUT2D eigenvalue weighted by Gasteiger charge is 2.12. The molecular formula is C24H19N3O4S. The van der Waals surface area contributed by atoms with Crippen molar-refractivity contribution in [3.05, 3.63) is 79.9 Å². The third kappa shape index (κ3) is 3.76. The molecule has 0 bridgehead atoms. The largest absolute Gasteiger partial charge is 0.493 e. The zero-order valence-corrected chi connectivity index (χ0v) is 18.3. The predicted octanol–water partition coefficient (Wildman–Crippen LogP) is 3.31. The average Bonchev–Trinajstić information content (AvgIpc) is 3.35. The number of aromatic nitrogens is 3. The van der Waals surface area contributed by atoms with Gasteiger partial charge < -0.3 is 14.2 Å². The van der Waals surface area contributed by atoms with Crippen molar-refractivity contribution in [2.75, 3.05) is 20.8 Å².